The molecule has 3 heterocycles. The topological polar surface area (TPSA) is 98.7 Å². The number of nitrogens with zero attached hydrogens (tertiary/aromatic N) is 1. The second-order valence-corrected chi connectivity index (χ2v) is 13.5. The molecule has 1 aliphatic carbocycles. The van der Waals surface area contributed by atoms with Gasteiger partial charge in [0, 0.05) is 17.3 Å². The summed E-state index contributed by atoms with van der Waals surface area (Å²) < 4.78 is -0.955. The second kappa shape index (κ2) is 10.00. The summed E-state index contributed by atoms with van der Waals surface area (Å²) in [4.78, 5) is 43.2. The molecule has 1 spiro atoms. The average molecular weight is 494 g/mol. The van der Waals surface area contributed by atoms with Crippen LogP contribution in [0.5, 0.6) is 0 Å². The molecule has 2 bridgehead atoms. The molecule has 0 radical (unpaired) electrons. The zero-order valence-electron chi connectivity index (χ0n) is 21.3. The first kappa shape index (κ1) is 25.8. The molecule has 4 rings (SSSR count). The normalized spacial score (nSPS) is 36.1. The van der Waals surface area contributed by atoms with Crippen LogP contribution < -0.4 is 10.6 Å². The van der Waals surface area contributed by atoms with Crippen LogP contribution in [0.3, 0.4) is 0 Å². The lowest BCUT2D eigenvalue weighted by atomic mass is 9.66. The largest absolute Gasteiger partial charge is 0.394 e. The van der Waals surface area contributed by atoms with Crippen molar-refractivity contribution in [1.82, 2.24) is 15.5 Å². The Labute approximate surface area is 208 Å². The third kappa shape index (κ3) is 4.27. The number of likely N-dealkylation sites (tertiary alicyclic amines) is 1. The third-order valence-electron chi connectivity index (χ3n) is 8.59. The molecular formula is C26H43N3O4S. The van der Waals surface area contributed by atoms with Gasteiger partial charge in [-0.2, -0.15) is 0 Å². The molecule has 6 atom stereocenters. The van der Waals surface area contributed by atoms with Gasteiger partial charge in [0.05, 0.1) is 29.2 Å². The number of aliphatic hydroxyl groups excluding tert-OH is 1. The fourth-order valence-electron chi connectivity index (χ4n) is 7.16. The highest BCUT2D eigenvalue weighted by atomic mass is 32.2. The number of thioether (sulfide) groups is 1. The Morgan fingerprint density at radius 3 is 2.50 bits per heavy atom. The van der Waals surface area contributed by atoms with E-state index in [1.807, 2.05) is 6.92 Å². The van der Waals surface area contributed by atoms with E-state index in [2.05, 4.69) is 31.4 Å². The van der Waals surface area contributed by atoms with E-state index in [9.17, 15) is 19.5 Å². The molecule has 3 N–H and O–H groups in total. The van der Waals surface area contributed by atoms with Gasteiger partial charge in [-0.1, -0.05) is 40.0 Å². The van der Waals surface area contributed by atoms with Gasteiger partial charge < -0.3 is 20.6 Å². The first-order valence-electron chi connectivity index (χ1n) is 13.4. The fourth-order valence-corrected chi connectivity index (χ4v) is 9.51. The number of hydrogen-bond acceptors (Lipinski definition) is 5. The Bertz CT molecular complexity index is 801. The summed E-state index contributed by atoms with van der Waals surface area (Å²) in [5.74, 6) is -0.952. The van der Waals surface area contributed by atoms with E-state index in [0.717, 1.165) is 44.9 Å². The summed E-state index contributed by atoms with van der Waals surface area (Å²) in [5.41, 5.74) is 0. The standard InChI is InChI=1S/C26H43N3O4S/c1-5-13-27-22(31)19-20-24(33)29(18(15-30)14-16(2)3)21(26(20)12-11-25(19,4)34-26)23(32)28-17-9-7-6-8-10-17/h16-21,30H,5-15H2,1-4H3,(H,27,31)(H,28,32)/t18-,19-,20+,21?,25+,26?/m1/s1. The molecule has 3 saturated heterocycles. The van der Waals surface area contributed by atoms with Gasteiger partial charge in [-0.3, -0.25) is 14.4 Å². The quantitative estimate of drug-likeness (QED) is 0.459. The van der Waals surface area contributed by atoms with Crippen molar-refractivity contribution in [3.8, 4) is 0 Å². The number of amides is 3. The van der Waals surface area contributed by atoms with Gasteiger partial charge in [0.2, 0.25) is 17.7 Å². The molecule has 0 aromatic heterocycles. The zero-order chi connectivity index (χ0) is 24.7. The minimum atomic E-state index is -0.640. The summed E-state index contributed by atoms with van der Waals surface area (Å²) in [6, 6.07) is -0.908. The average Bonchev–Trinajstić information content (AvgIpc) is 3.37. The van der Waals surface area contributed by atoms with Gasteiger partial charge in [0.15, 0.2) is 0 Å². The number of aliphatic hydroxyl groups is 1. The molecule has 0 aromatic rings. The van der Waals surface area contributed by atoms with Crippen LogP contribution in [0, 0.1) is 17.8 Å². The van der Waals surface area contributed by atoms with E-state index in [1.165, 1.54) is 6.42 Å². The number of nitrogens with one attached hydrogen (secondary N) is 2. The maximum absolute atomic E-state index is 14.1. The van der Waals surface area contributed by atoms with Gasteiger partial charge in [-0.25, -0.2) is 0 Å². The number of carbonyl (C=O) groups excluding carboxylic acids is 3. The van der Waals surface area contributed by atoms with E-state index < -0.39 is 28.7 Å². The summed E-state index contributed by atoms with van der Waals surface area (Å²) in [7, 11) is 0. The summed E-state index contributed by atoms with van der Waals surface area (Å²) in [6.45, 7) is 8.68. The number of fused-ring (bicyclic) bond motifs is 1. The van der Waals surface area contributed by atoms with Gasteiger partial charge in [0.25, 0.3) is 0 Å². The van der Waals surface area contributed by atoms with Crippen molar-refractivity contribution in [2.75, 3.05) is 13.2 Å². The van der Waals surface area contributed by atoms with E-state index in [-0.39, 0.29) is 41.0 Å². The summed E-state index contributed by atoms with van der Waals surface area (Å²) in [5, 5.41) is 16.7. The lowest BCUT2D eigenvalue weighted by Gasteiger charge is -2.38. The molecule has 4 aliphatic rings. The molecule has 4 fully saturated rings. The van der Waals surface area contributed by atoms with Crippen LogP contribution in [0.4, 0.5) is 0 Å². The third-order valence-corrected chi connectivity index (χ3v) is 10.6. The van der Waals surface area contributed by atoms with Crippen molar-refractivity contribution < 1.29 is 19.5 Å². The number of rotatable bonds is 9. The highest BCUT2D eigenvalue weighted by molar-refractivity contribution is 8.02. The molecule has 1 saturated carbocycles. The minimum Gasteiger partial charge on any atom is -0.394 e. The highest BCUT2D eigenvalue weighted by Gasteiger charge is 2.77. The lowest BCUT2D eigenvalue weighted by molar-refractivity contribution is -0.143. The number of hydrogen-bond donors (Lipinski definition) is 3. The first-order chi connectivity index (χ1) is 16.2. The maximum Gasteiger partial charge on any atom is 0.244 e. The van der Waals surface area contributed by atoms with Crippen LogP contribution >= 0.6 is 11.8 Å². The first-order valence-corrected chi connectivity index (χ1v) is 14.2. The van der Waals surface area contributed by atoms with Crippen molar-refractivity contribution in [3.05, 3.63) is 0 Å². The van der Waals surface area contributed by atoms with Gasteiger partial charge in [-0.15, -0.1) is 11.8 Å². The summed E-state index contributed by atoms with van der Waals surface area (Å²) in [6.07, 6.45) is 8.43. The molecule has 2 unspecified atom stereocenters. The molecule has 34 heavy (non-hydrogen) atoms. The minimum absolute atomic E-state index is 0.0607. The van der Waals surface area contributed by atoms with E-state index in [0.29, 0.717) is 13.0 Å². The van der Waals surface area contributed by atoms with Crippen LogP contribution in [0.2, 0.25) is 0 Å². The second-order valence-electron chi connectivity index (χ2n) is 11.6. The predicted octanol–water partition coefficient (Wildman–Crippen LogP) is 2.85. The predicted molar refractivity (Wildman–Crippen MR) is 134 cm³/mol. The van der Waals surface area contributed by atoms with E-state index in [4.69, 9.17) is 0 Å². The van der Waals surface area contributed by atoms with Gasteiger partial charge in [0.1, 0.15) is 6.04 Å². The molecule has 192 valence electrons. The zero-order valence-corrected chi connectivity index (χ0v) is 22.1. The Morgan fingerprint density at radius 1 is 1.18 bits per heavy atom. The Morgan fingerprint density at radius 2 is 1.88 bits per heavy atom. The number of carbonyl (C=O) groups is 3. The fraction of sp³-hybridized carbons (Fsp3) is 0.885. The lowest BCUT2D eigenvalue weighted by Crippen LogP contribution is -2.58. The molecule has 0 aromatic carbocycles. The van der Waals surface area contributed by atoms with Crippen LogP contribution in [0.1, 0.15) is 85.5 Å². The highest BCUT2D eigenvalue weighted by Crippen LogP contribution is 2.71. The van der Waals surface area contributed by atoms with Crippen molar-refractivity contribution in [2.24, 2.45) is 17.8 Å². The molecular weight excluding hydrogens is 450 g/mol. The Hall–Kier alpha value is -1.28. The van der Waals surface area contributed by atoms with Crippen molar-refractivity contribution >= 4 is 29.5 Å². The van der Waals surface area contributed by atoms with Crippen LogP contribution in [-0.4, -0.2) is 68.5 Å². The van der Waals surface area contributed by atoms with Crippen LogP contribution in [0.25, 0.3) is 0 Å². The Balaban J connectivity index is 1.71. The molecule has 7 nitrogen and oxygen atoms in total. The van der Waals surface area contributed by atoms with Gasteiger partial charge >= 0.3 is 0 Å². The SMILES string of the molecule is CCCNC(=O)[C@H]1[C@H]2C(=O)N([C@@H](CO)CC(C)C)C(C(=O)NC3CCCCC3)C23CC[C@]1(C)S3. The van der Waals surface area contributed by atoms with Crippen molar-refractivity contribution in [3.63, 3.8) is 0 Å². The molecule has 3 aliphatic heterocycles. The summed E-state index contributed by atoms with van der Waals surface area (Å²) >= 11 is 1.71. The molecule has 3 amide bonds. The van der Waals surface area contributed by atoms with Crippen LogP contribution in [0.15, 0.2) is 0 Å². The molecule has 8 heteroatoms. The Kier molecular flexibility index (Phi) is 7.59. The maximum atomic E-state index is 14.1. The van der Waals surface area contributed by atoms with E-state index >= 15 is 0 Å². The van der Waals surface area contributed by atoms with Crippen molar-refractivity contribution in [2.45, 2.75) is 113 Å². The smallest absolute Gasteiger partial charge is 0.244 e. The van der Waals surface area contributed by atoms with E-state index in [1.54, 1.807) is 16.7 Å². The monoisotopic (exact) mass is 493 g/mol. The van der Waals surface area contributed by atoms with Gasteiger partial charge in [-0.05, 0) is 51.4 Å². The van der Waals surface area contributed by atoms with Crippen LogP contribution in [-0.2, 0) is 14.4 Å². The van der Waals surface area contributed by atoms with Crippen molar-refractivity contribution in [1.29, 1.82) is 0 Å².